The van der Waals surface area contributed by atoms with Crippen LogP contribution >= 0.6 is 0 Å². The third kappa shape index (κ3) is 5.02. The van der Waals surface area contributed by atoms with E-state index in [2.05, 4.69) is 6.58 Å². The largest absolute Gasteiger partial charge is 0.497 e. The van der Waals surface area contributed by atoms with Crippen LogP contribution in [0.25, 0.3) is 0 Å². The molecule has 0 unspecified atom stereocenters. The Kier molecular flexibility index (Phi) is 6.37. The first-order chi connectivity index (χ1) is 8.30. The lowest BCUT2D eigenvalue weighted by Gasteiger charge is -2.15. The van der Waals surface area contributed by atoms with E-state index in [0.717, 1.165) is 17.7 Å². The molecule has 1 N–H and O–H groups in total. The molecule has 0 fully saturated rings. The van der Waals surface area contributed by atoms with Gasteiger partial charge in [0.25, 0.3) is 0 Å². The molecule has 3 nitrogen and oxygen atoms in total. The number of hydrogen-bond donors (Lipinski definition) is 1. The zero-order valence-corrected chi connectivity index (χ0v) is 10.3. The Morgan fingerprint density at radius 3 is 2.59 bits per heavy atom. The van der Waals surface area contributed by atoms with Gasteiger partial charge in [-0.15, -0.1) is 6.58 Å². The summed E-state index contributed by atoms with van der Waals surface area (Å²) >= 11 is 0. The Bertz CT molecular complexity index is 319. The first-order valence-electron chi connectivity index (χ1n) is 5.76. The van der Waals surface area contributed by atoms with Crippen LogP contribution < -0.4 is 4.74 Å². The number of rotatable bonds is 8. The fourth-order valence-electron chi connectivity index (χ4n) is 1.53. The Morgan fingerprint density at radius 2 is 2.06 bits per heavy atom. The molecule has 94 valence electrons. The van der Waals surface area contributed by atoms with E-state index in [1.165, 1.54) is 0 Å². The first-order valence-corrected chi connectivity index (χ1v) is 5.76. The lowest BCUT2D eigenvalue weighted by molar-refractivity contribution is 0.0262. The topological polar surface area (TPSA) is 38.7 Å². The van der Waals surface area contributed by atoms with Gasteiger partial charge in [-0.05, 0) is 30.5 Å². The first kappa shape index (κ1) is 13.7. The zero-order chi connectivity index (χ0) is 12.5. The number of benzene rings is 1. The van der Waals surface area contributed by atoms with Crippen LogP contribution in [0, 0.1) is 0 Å². The lowest BCUT2D eigenvalue weighted by atomic mass is 10.2. The summed E-state index contributed by atoms with van der Waals surface area (Å²) in [6, 6.07) is 7.77. The zero-order valence-electron chi connectivity index (χ0n) is 10.3. The molecular formula is C14H20O3. The predicted molar refractivity (Wildman–Crippen MR) is 68.1 cm³/mol. The number of ether oxygens (including phenoxy) is 2. The van der Waals surface area contributed by atoms with Crippen LogP contribution in [0.1, 0.15) is 18.4 Å². The molecule has 0 aliphatic rings. The summed E-state index contributed by atoms with van der Waals surface area (Å²) in [6.07, 6.45) is 3.26. The molecule has 17 heavy (non-hydrogen) atoms. The number of hydrogen-bond acceptors (Lipinski definition) is 3. The van der Waals surface area contributed by atoms with E-state index in [-0.39, 0.29) is 12.7 Å². The molecule has 0 amide bonds. The van der Waals surface area contributed by atoms with Crippen molar-refractivity contribution in [1.29, 1.82) is 0 Å². The Morgan fingerprint density at radius 1 is 1.35 bits per heavy atom. The third-order valence-corrected chi connectivity index (χ3v) is 2.53. The molecule has 0 saturated carbocycles. The highest BCUT2D eigenvalue weighted by molar-refractivity contribution is 5.26. The van der Waals surface area contributed by atoms with Crippen molar-refractivity contribution in [1.82, 2.24) is 0 Å². The molecule has 0 radical (unpaired) electrons. The van der Waals surface area contributed by atoms with Gasteiger partial charge in [0.05, 0.1) is 19.8 Å². The molecule has 1 rings (SSSR count). The van der Waals surface area contributed by atoms with E-state index in [0.29, 0.717) is 13.0 Å². The fourth-order valence-corrected chi connectivity index (χ4v) is 1.53. The maximum Gasteiger partial charge on any atom is 0.118 e. The minimum absolute atomic E-state index is 0.0413. The summed E-state index contributed by atoms with van der Waals surface area (Å²) in [5.41, 5.74) is 1.10. The molecule has 0 spiro atoms. The smallest absolute Gasteiger partial charge is 0.118 e. The molecule has 0 saturated heterocycles. The van der Waals surface area contributed by atoms with Crippen molar-refractivity contribution < 1.29 is 14.6 Å². The predicted octanol–water partition coefficient (Wildman–Crippen LogP) is 2.54. The van der Waals surface area contributed by atoms with Crippen LogP contribution in [-0.2, 0) is 11.3 Å². The standard InChI is InChI=1S/C14H20O3/c1-3-4-14(9-10-15)17-11-12-5-7-13(16-2)8-6-12/h3,5-8,14-15H,1,4,9-11H2,2H3/t14-/m1/s1. The second kappa shape index (κ2) is 7.87. The van der Waals surface area contributed by atoms with Gasteiger partial charge in [-0.25, -0.2) is 0 Å². The van der Waals surface area contributed by atoms with Crippen molar-refractivity contribution in [2.24, 2.45) is 0 Å². The van der Waals surface area contributed by atoms with Gasteiger partial charge in [0, 0.05) is 6.61 Å². The number of aliphatic hydroxyl groups is 1. The van der Waals surface area contributed by atoms with Gasteiger partial charge in [0.2, 0.25) is 0 Å². The van der Waals surface area contributed by atoms with E-state index in [1.54, 1.807) is 7.11 Å². The Balaban J connectivity index is 2.43. The highest BCUT2D eigenvalue weighted by atomic mass is 16.5. The highest BCUT2D eigenvalue weighted by Crippen LogP contribution is 2.14. The van der Waals surface area contributed by atoms with Crippen molar-refractivity contribution in [3.8, 4) is 5.75 Å². The minimum Gasteiger partial charge on any atom is -0.497 e. The monoisotopic (exact) mass is 236 g/mol. The summed E-state index contributed by atoms with van der Waals surface area (Å²) in [5, 5.41) is 8.90. The van der Waals surface area contributed by atoms with E-state index >= 15 is 0 Å². The molecule has 0 aliphatic heterocycles. The Labute approximate surface area is 103 Å². The van der Waals surface area contributed by atoms with Crippen molar-refractivity contribution in [2.45, 2.75) is 25.6 Å². The molecular weight excluding hydrogens is 216 g/mol. The van der Waals surface area contributed by atoms with Crippen molar-refractivity contribution >= 4 is 0 Å². The Hall–Kier alpha value is -1.32. The SMILES string of the molecule is C=CC[C@H](CCO)OCc1ccc(OC)cc1. The molecule has 0 aromatic heterocycles. The van der Waals surface area contributed by atoms with Crippen molar-refractivity contribution in [3.05, 3.63) is 42.5 Å². The van der Waals surface area contributed by atoms with E-state index < -0.39 is 0 Å². The molecule has 3 heteroatoms. The maximum absolute atomic E-state index is 8.90. The summed E-state index contributed by atoms with van der Waals surface area (Å²) in [6.45, 7) is 4.37. The second-order valence-corrected chi connectivity index (χ2v) is 3.82. The number of aliphatic hydroxyl groups excluding tert-OH is 1. The lowest BCUT2D eigenvalue weighted by Crippen LogP contribution is -2.13. The van der Waals surface area contributed by atoms with Gasteiger partial charge < -0.3 is 14.6 Å². The molecule has 1 atom stereocenters. The van der Waals surface area contributed by atoms with E-state index in [9.17, 15) is 0 Å². The minimum atomic E-state index is 0.0413. The van der Waals surface area contributed by atoms with E-state index in [1.807, 2.05) is 30.3 Å². The van der Waals surface area contributed by atoms with Crippen LogP contribution in [-0.4, -0.2) is 24.9 Å². The normalized spacial score (nSPS) is 12.1. The summed E-state index contributed by atoms with van der Waals surface area (Å²) < 4.78 is 10.8. The molecule has 0 bridgehead atoms. The summed E-state index contributed by atoms with van der Waals surface area (Å²) in [5.74, 6) is 0.840. The second-order valence-electron chi connectivity index (χ2n) is 3.82. The van der Waals surface area contributed by atoms with Crippen LogP contribution in [0.4, 0.5) is 0 Å². The summed E-state index contributed by atoms with van der Waals surface area (Å²) in [7, 11) is 1.65. The summed E-state index contributed by atoms with van der Waals surface area (Å²) in [4.78, 5) is 0. The van der Waals surface area contributed by atoms with Crippen LogP contribution in [0.5, 0.6) is 5.75 Å². The maximum atomic E-state index is 8.90. The third-order valence-electron chi connectivity index (χ3n) is 2.53. The van der Waals surface area contributed by atoms with Crippen LogP contribution in [0.3, 0.4) is 0 Å². The van der Waals surface area contributed by atoms with Gasteiger partial charge in [-0.2, -0.15) is 0 Å². The van der Waals surface area contributed by atoms with Gasteiger partial charge in [-0.1, -0.05) is 18.2 Å². The quantitative estimate of drug-likeness (QED) is 0.705. The molecule has 0 heterocycles. The van der Waals surface area contributed by atoms with Gasteiger partial charge in [0.1, 0.15) is 5.75 Å². The van der Waals surface area contributed by atoms with Crippen LogP contribution in [0.15, 0.2) is 36.9 Å². The van der Waals surface area contributed by atoms with Crippen LogP contribution in [0.2, 0.25) is 0 Å². The molecule has 1 aromatic rings. The average Bonchev–Trinajstić information content (AvgIpc) is 2.37. The van der Waals surface area contributed by atoms with Gasteiger partial charge in [0.15, 0.2) is 0 Å². The fraction of sp³-hybridized carbons (Fsp3) is 0.429. The highest BCUT2D eigenvalue weighted by Gasteiger charge is 2.06. The van der Waals surface area contributed by atoms with Gasteiger partial charge in [-0.3, -0.25) is 0 Å². The molecule has 1 aromatic carbocycles. The molecule has 0 aliphatic carbocycles. The van der Waals surface area contributed by atoms with Crippen molar-refractivity contribution in [3.63, 3.8) is 0 Å². The van der Waals surface area contributed by atoms with E-state index in [4.69, 9.17) is 14.6 Å². The van der Waals surface area contributed by atoms with Crippen molar-refractivity contribution in [2.75, 3.05) is 13.7 Å². The number of methoxy groups -OCH3 is 1. The van der Waals surface area contributed by atoms with Gasteiger partial charge >= 0.3 is 0 Å². The average molecular weight is 236 g/mol.